The van der Waals surface area contributed by atoms with Gasteiger partial charge in [-0.1, -0.05) is 6.92 Å². The molecule has 0 aliphatic heterocycles. The van der Waals surface area contributed by atoms with E-state index in [-0.39, 0.29) is 23.1 Å². The molecule has 0 spiro atoms. The van der Waals surface area contributed by atoms with E-state index in [1.165, 1.54) is 6.92 Å². The number of rotatable bonds is 7. The predicted molar refractivity (Wildman–Crippen MR) is 156 cm³/mol. The lowest BCUT2D eigenvalue weighted by molar-refractivity contribution is -0.154. The van der Waals surface area contributed by atoms with Gasteiger partial charge in [0.15, 0.2) is 0 Å². The maximum Gasteiger partial charge on any atom is 0.306 e. The number of esters is 2. The lowest BCUT2D eigenvalue weighted by Crippen LogP contribution is -2.23. The molecule has 0 rings (SSSR count). The SMILES string of the molecule is CC(=O)OC(C)(C)C.CCC(=O)OC(C)(C)C.CCOC.CCOC(C)C.CCOCC.COC(C)C. The van der Waals surface area contributed by atoms with Gasteiger partial charge in [0, 0.05) is 54.0 Å². The molecule has 0 saturated carbocycles. The summed E-state index contributed by atoms with van der Waals surface area (Å²) in [5, 5.41) is 0. The van der Waals surface area contributed by atoms with Crippen molar-refractivity contribution in [1.82, 2.24) is 0 Å². The molecular weight excluding hydrogens is 476 g/mol. The van der Waals surface area contributed by atoms with Gasteiger partial charge in [0.05, 0.1) is 12.2 Å². The summed E-state index contributed by atoms with van der Waals surface area (Å²) in [7, 11) is 3.38. The van der Waals surface area contributed by atoms with Crippen molar-refractivity contribution >= 4 is 11.9 Å². The zero-order valence-corrected chi connectivity index (χ0v) is 28.0. The largest absolute Gasteiger partial charge is 0.460 e. The molecule has 0 heterocycles. The first-order valence-corrected chi connectivity index (χ1v) is 13.4. The second-order valence-corrected chi connectivity index (χ2v) is 9.79. The Hall–Kier alpha value is -1.22. The summed E-state index contributed by atoms with van der Waals surface area (Å²) in [6, 6.07) is 0. The quantitative estimate of drug-likeness (QED) is 0.311. The Morgan fingerprint density at radius 2 is 1.00 bits per heavy atom. The molecule has 0 aromatic heterocycles. The monoisotopic (exact) mass is 542 g/mol. The van der Waals surface area contributed by atoms with E-state index in [2.05, 4.69) is 4.74 Å². The molecule has 230 valence electrons. The van der Waals surface area contributed by atoms with Crippen LogP contribution < -0.4 is 0 Å². The molecule has 0 amide bonds. The Kier molecular flexibility index (Phi) is 45.9. The average molecular weight is 543 g/mol. The molecule has 0 aliphatic carbocycles. The zero-order valence-electron chi connectivity index (χ0n) is 28.0. The van der Waals surface area contributed by atoms with Crippen LogP contribution in [-0.4, -0.2) is 76.0 Å². The van der Waals surface area contributed by atoms with E-state index in [0.717, 1.165) is 26.4 Å². The standard InChI is InChI=1S/C7H14O2.C6H12O2.C5H12O.2C4H10O.C3H8O/c1-5-6(8)9-7(2,3)4;1-5(7)8-6(2,3)4;1-4-6-5(2)3;1-4(2)5-3;1-3-5-4-2;1-3-4-2/h5H2,1-4H3;1-4H3;5H,4H2,1-3H3;4H,1-3H3;3-4H2,1-2H3;3H2,1-2H3. The number of carbonyl (C=O) groups excluding carboxylic acids is 2. The first-order valence-electron chi connectivity index (χ1n) is 13.4. The lowest BCUT2D eigenvalue weighted by Gasteiger charge is -2.18. The van der Waals surface area contributed by atoms with Gasteiger partial charge >= 0.3 is 11.9 Å². The molecule has 0 bridgehead atoms. The molecule has 0 aromatic carbocycles. The highest BCUT2D eigenvalue weighted by molar-refractivity contribution is 5.69. The van der Waals surface area contributed by atoms with Crippen LogP contribution in [0.25, 0.3) is 0 Å². The molecule has 0 saturated heterocycles. The maximum absolute atomic E-state index is 10.6. The van der Waals surface area contributed by atoms with Crippen LogP contribution in [0.3, 0.4) is 0 Å². The van der Waals surface area contributed by atoms with Crippen LogP contribution in [0.5, 0.6) is 0 Å². The Balaban J connectivity index is -0.0000000798. The summed E-state index contributed by atoms with van der Waals surface area (Å²) in [6.07, 6.45) is 1.24. The van der Waals surface area contributed by atoms with Crippen LogP contribution in [0.2, 0.25) is 0 Å². The van der Waals surface area contributed by atoms with Crippen molar-refractivity contribution in [2.24, 2.45) is 0 Å². The van der Waals surface area contributed by atoms with Crippen molar-refractivity contribution in [3.8, 4) is 0 Å². The molecular formula is C29H66O8. The first kappa shape index (κ1) is 48.8. The minimum Gasteiger partial charge on any atom is -0.460 e. The van der Waals surface area contributed by atoms with E-state index in [1.54, 1.807) is 21.1 Å². The van der Waals surface area contributed by atoms with Crippen molar-refractivity contribution in [2.45, 2.75) is 141 Å². The fourth-order valence-corrected chi connectivity index (χ4v) is 1.38. The van der Waals surface area contributed by atoms with Gasteiger partial charge in [-0.2, -0.15) is 0 Å². The molecule has 0 unspecified atom stereocenters. The van der Waals surface area contributed by atoms with Crippen molar-refractivity contribution < 1.29 is 38.0 Å². The lowest BCUT2D eigenvalue weighted by atomic mass is 10.2. The summed E-state index contributed by atoms with van der Waals surface area (Å²) >= 11 is 0. The van der Waals surface area contributed by atoms with Gasteiger partial charge in [0.25, 0.3) is 0 Å². The second kappa shape index (κ2) is 34.8. The van der Waals surface area contributed by atoms with Crippen LogP contribution in [0.4, 0.5) is 0 Å². The van der Waals surface area contributed by atoms with Crippen LogP contribution in [0.15, 0.2) is 0 Å². The van der Waals surface area contributed by atoms with Crippen LogP contribution in [-0.2, 0) is 38.0 Å². The van der Waals surface area contributed by atoms with E-state index in [9.17, 15) is 9.59 Å². The third-order valence-corrected chi connectivity index (χ3v) is 2.83. The highest BCUT2D eigenvalue weighted by atomic mass is 16.6. The Morgan fingerprint density at radius 1 is 0.649 bits per heavy atom. The predicted octanol–water partition coefficient (Wildman–Crippen LogP) is 7.25. The van der Waals surface area contributed by atoms with Gasteiger partial charge in [-0.15, -0.1) is 0 Å². The molecule has 0 aromatic rings. The molecule has 0 radical (unpaired) electrons. The third kappa shape index (κ3) is 106. The summed E-state index contributed by atoms with van der Waals surface area (Å²) in [6.45, 7) is 33.6. The third-order valence-electron chi connectivity index (χ3n) is 2.83. The van der Waals surface area contributed by atoms with E-state index in [0.29, 0.717) is 18.6 Å². The smallest absolute Gasteiger partial charge is 0.306 e. The highest BCUT2D eigenvalue weighted by Crippen LogP contribution is 2.07. The number of methoxy groups -OCH3 is 2. The highest BCUT2D eigenvalue weighted by Gasteiger charge is 2.13. The number of hydrogen-bond donors (Lipinski definition) is 0. The van der Waals surface area contributed by atoms with Crippen molar-refractivity contribution in [1.29, 1.82) is 0 Å². The Morgan fingerprint density at radius 3 is 1.03 bits per heavy atom. The van der Waals surface area contributed by atoms with Crippen LogP contribution in [0, 0.1) is 0 Å². The Labute approximate surface area is 231 Å². The fraction of sp³-hybridized carbons (Fsp3) is 0.931. The topological polar surface area (TPSA) is 89.5 Å². The number of hydrogen-bond acceptors (Lipinski definition) is 8. The fourth-order valence-electron chi connectivity index (χ4n) is 1.38. The summed E-state index contributed by atoms with van der Waals surface area (Å²) < 4.78 is 28.9. The number of ether oxygens (including phenoxy) is 6. The molecule has 8 nitrogen and oxygen atoms in total. The van der Waals surface area contributed by atoms with E-state index < -0.39 is 0 Å². The van der Waals surface area contributed by atoms with Gasteiger partial charge in [0.2, 0.25) is 0 Å². The van der Waals surface area contributed by atoms with Crippen LogP contribution >= 0.6 is 0 Å². The van der Waals surface area contributed by atoms with Crippen molar-refractivity contribution in [3.63, 3.8) is 0 Å². The number of carbonyl (C=O) groups is 2. The molecule has 8 heteroatoms. The summed E-state index contributed by atoms with van der Waals surface area (Å²) in [5.41, 5.74) is -0.654. The first-order chi connectivity index (χ1) is 16.7. The minimum atomic E-state index is -0.328. The maximum atomic E-state index is 10.6. The van der Waals surface area contributed by atoms with Gasteiger partial charge in [-0.05, 0) is 96.9 Å². The van der Waals surface area contributed by atoms with E-state index >= 15 is 0 Å². The minimum absolute atomic E-state index is 0.137. The van der Waals surface area contributed by atoms with Gasteiger partial charge in [-0.25, -0.2) is 0 Å². The average Bonchev–Trinajstić information content (AvgIpc) is 2.73. The molecule has 0 N–H and O–H groups in total. The summed E-state index contributed by atoms with van der Waals surface area (Å²) in [4.78, 5) is 20.8. The molecule has 37 heavy (non-hydrogen) atoms. The van der Waals surface area contributed by atoms with Crippen LogP contribution in [0.1, 0.15) is 117 Å². The summed E-state index contributed by atoms with van der Waals surface area (Å²) in [5.74, 6) is -0.361. The zero-order chi connectivity index (χ0) is 31.1. The van der Waals surface area contributed by atoms with E-state index in [1.807, 2.05) is 96.9 Å². The van der Waals surface area contributed by atoms with Gasteiger partial charge in [-0.3, -0.25) is 9.59 Å². The second-order valence-electron chi connectivity index (χ2n) is 9.79. The van der Waals surface area contributed by atoms with Gasteiger partial charge in [0.1, 0.15) is 11.2 Å². The molecule has 0 aliphatic rings. The normalized spacial score (nSPS) is 9.95. The Bertz CT molecular complexity index is 432. The van der Waals surface area contributed by atoms with E-state index in [4.69, 9.17) is 23.7 Å². The molecule has 0 atom stereocenters. The van der Waals surface area contributed by atoms with Crippen molar-refractivity contribution in [2.75, 3.05) is 40.6 Å². The molecule has 0 fully saturated rings. The van der Waals surface area contributed by atoms with Gasteiger partial charge < -0.3 is 28.4 Å². The van der Waals surface area contributed by atoms with Crippen molar-refractivity contribution in [3.05, 3.63) is 0 Å².